The van der Waals surface area contributed by atoms with Crippen LogP contribution in [0.25, 0.3) is 11.4 Å². The number of aryl methyl sites for hydroxylation is 2. The highest BCUT2D eigenvalue weighted by Gasteiger charge is 2.64. The first kappa shape index (κ1) is 25.8. The molecule has 2 aromatic carbocycles. The van der Waals surface area contributed by atoms with E-state index in [4.69, 9.17) is 26.3 Å². The summed E-state index contributed by atoms with van der Waals surface area (Å²) >= 11 is 6.46. The second-order valence-electron chi connectivity index (χ2n) is 11.5. The van der Waals surface area contributed by atoms with E-state index in [2.05, 4.69) is 5.32 Å². The fourth-order valence-electron chi connectivity index (χ4n) is 6.36. The number of aromatic nitrogens is 3. The Kier molecular flexibility index (Phi) is 5.60. The van der Waals surface area contributed by atoms with E-state index in [9.17, 15) is 9.59 Å². The Hall–Kier alpha value is -4.17. The van der Waals surface area contributed by atoms with Gasteiger partial charge in [-0.15, -0.1) is 0 Å². The maximum atomic E-state index is 14.5. The second-order valence-corrected chi connectivity index (χ2v) is 11.9. The third kappa shape index (κ3) is 3.53. The molecule has 41 heavy (non-hydrogen) atoms. The van der Waals surface area contributed by atoms with E-state index >= 15 is 0 Å². The zero-order valence-electron chi connectivity index (χ0n) is 23.6. The van der Waals surface area contributed by atoms with E-state index in [1.165, 1.54) is 0 Å². The molecule has 0 radical (unpaired) electrons. The number of fused-ring (bicyclic) bond motifs is 4. The molecule has 2 aliphatic heterocycles. The normalized spacial score (nSPS) is 19.2. The molecular weight excluding hydrogens is 538 g/mol. The Morgan fingerprint density at radius 1 is 1.10 bits per heavy atom. The number of hydrogen-bond donors (Lipinski definition) is 1. The lowest BCUT2D eigenvalue weighted by Gasteiger charge is -2.36. The fraction of sp³-hybridized carbons (Fsp3) is 0.312. The summed E-state index contributed by atoms with van der Waals surface area (Å²) < 4.78 is 7.82. The van der Waals surface area contributed by atoms with Crippen molar-refractivity contribution in [2.75, 3.05) is 17.3 Å². The molecular formula is C32H30ClN5O3. The number of nitrogens with zero attached hydrogens (tertiary/aromatic N) is 4. The van der Waals surface area contributed by atoms with Crippen LogP contribution in [0.15, 0.2) is 48.7 Å². The number of amides is 2. The Bertz CT molecular complexity index is 1790. The molecule has 2 aromatic heterocycles. The van der Waals surface area contributed by atoms with Crippen LogP contribution in [-0.4, -0.2) is 33.5 Å². The number of nitrogens with one attached hydrogen (secondary N) is 1. The van der Waals surface area contributed by atoms with E-state index < -0.39 is 5.54 Å². The number of halogens is 1. The van der Waals surface area contributed by atoms with Gasteiger partial charge in [-0.2, -0.15) is 0 Å². The lowest BCUT2D eigenvalue weighted by molar-refractivity contribution is -0.119. The van der Waals surface area contributed by atoms with Crippen molar-refractivity contribution in [3.05, 3.63) is 87.5 Å². The van der Waals surface area contributed by atoms with Gasteiger partial charge in [0, 0.05) is 46.2 Å². The van der Waals surface area contributed by atoms with Crippen molar-refractivity contribution in [3.8, 4) is 17.1 Å². The number of ether oxygens (including phenoxy) is 1. The van der Waals surface area contributed by atoms with Crippen LogP contribution in [0, 0.1) is 13.8 Å². The summed E-state index contributed by atoms with van der Waals surface area (Å²) in [5.74, 6) is 0.959. The average molecular weight is 568 g/mol. The zero-order valence-corrected chi connectivity index (χ0v) is 24.3. The van der Waals surface area contributed by atoms with Crippen LogP contribution in [-0.2, 0) is 10.3 Å². The summed E-state index contributed by atoms with van der Waals surface area (Å²) in [5.41, 5.74) is 4.69. The van der Waals surface area contributed by atoms with Crippen LogP contribution in [0.2, 0.25) is 5.02 Å². The first-order valence-electron chi connectivity index (χ1n) is 13.9. The van der Waals surface area contributed by atoms with E-state index in [0.29, 0.717) is 50.7 Å². The number of methoxy groups -OCH3 is 1. The minimum absolute atomic E-state index is 0.151. The number of benzene rings is 2. The number of imidazole rings is 1. The standard InChI is InChI=1S/C32H30ClN5O3/c1-16(2)37-28-27(36-29(37)21-15-34-23(19-8-9-19)14-26(21)41-5)30(39)38(25-13-20(33)10-7-18(25)4)32(28)22-11-6-17(3)12-24(22)35-31(32)40/h6-7,10-16,19H,8-9H2,1-5H3,(H,35,40). The molecule has 0 saturated heterocycles. The van der Waals surface area contributed by atoms with Crippen LogP contribution in [0.1, 0.15) is 77.2 Å². The predicted molar refractivity (Wildman–Crippen MR) is 158 cm³/mol. The summed E-state index contributed by atoms with van der Waals surface area (Å²) in [7, 11) is 1.63. The lowest BCUT2D eigenvalue weighted by atomic mass is 9.86. The van der Waals surface area contributed by atoms with Crippen molar-refractivity contribution in [1.29, 1.82) is 0 Å². The highest BCUT2D eigenvalue weighted by molar-refractivity contribution is 6.31. The molecule has 1 unspecified atom stereocenters. The van der Waals surface area contributed by atoms with Crippen LogP contribution < -0.4 is 15.0 Å². The van der Waals surface area contributed by atoms with Gasteiger partial charge >= 0.3 is 0 Å². The molecule has 208 valence electrons. The van der Waals surface area contributed by atoms with Gasteiger partial charge in [0.1, 0.15) is 11.6 Å². The quantitative estimate of drug-likeness (QED) is 0.296. The molecule has 1 spiro atoms. The molecule has 9 heteroatoms. The van der Waals surface area contributed by atoms with Crippen LogP contribution in [0.4, 0.5) is 11.4 Å². The largest absolute Gasteiger partial charge is 0.496 e. The first-order chi connectivity index (χ1) is 19.7. The van der Waals surface area contributed by atoms with Crippen LogP contribution in [0.3, 0.4) is 0 Å². The van der Waals surface area contributed by atoms with Crippen molar-refractivity contribution < 1.29 is 14.3 Å². The molecule has 1 N–H and O–H groups in total. The van der Waals surface area contributed by atoms with E-state index in [1.807, 2.05) is 62.6 Å². The van der Waals surface area contributed by atoms with Crippen LogP contribution in [0.5, 0.6) is 5.75 Å². The Labute approximate surface area is 243 Å². The number of carbonyl (C=O) groups is 2. The van der Waals surface area contributed by atoms with Gasteiger partial charge < -0.3 is 14.6 Å². The molecule has 3 aliphatic rings. The van der Waals surface area contributed by atoms with Crippen molar-refractivity contribution in [2.24, 2.45) is 0 Å². The number of rotatable bonds is 5. The first-order valence-corrected chi connectivity index (χ1v) is 14.2. The van der Waals surface area contributed by atoms with Crippen LogP contribution >= 0.6 is 11.6 Å². The SMILES string of the molecule is COc1cc(C2CC2)ncc1-c1nc2c(n1C(C)C)C1(C(=O)Nc3cc(C)ccc31)N(c1cc(Cl)ccc1C)C2=O. The van der Waals surface area contributed by atoms with Crippen molar-refractivity contribution in [3.63, 3.8) is 0 Å². The Morgan fingerprint density at radius 2 is 1.88 bits per heavy atom. The number of anilines is 2. The topological polar surface area (TPSA) is 89.3 Å². The molecule has 1 aliphatic carbocycles. The van der Waals surface area contributed by atoms with Gasteiger partial charge in [0.15, 0.2) is 11.2 Å². The summed E-state index contributed by atoms with van der Waals surface area (Å²) in [4.78, 5) is 40.3. The lowest BCUT2D eigenvalue weighted by Crippen LogP contribution is -2.51. The van der Waals surface area contributed by atoms with Gasteiger partial charge in [-0.3, -0.25) is 19.5 Å². The van der Waals surface area contributed by atoms with E-state index in [1.54, 1.807) is 30.3 Å². The number of pyridine rings is 1. The molecule has 1 saturated carbocycles. The smallest absolute Gasteiger partial charge is 0.280 e. The highest BCUT2D eigenvalue weighted by Crippen LogP contribution is 2.55. The highest BCUT2D eigenvalue weighted by atomic mass is 35.5. The average Bonchev–Trinajstić information content (AvgIpc) is 3.59. The zero-order chi connectivity index (χ0) is 28.8. The summed E-state index contributed by atoms with van der Waals surface area (Å²) in [6, 6.07) is 13.0. The molecule has 4 aromatic rings. The van der Waals surface area contributed by atoms with E-state index in [0.717, 1.165) is 29.7 Å². The summed E-state index contributed by atoms with van der Waals surface area (Å²) in [6.07, 6.45) is 4.02. The maximum absolute atomic E-state index is 14.5. The molecule has 0 bridgehead atoms. The van der Waals surface area contributed by atoms with Gasteiger partial charge in [0.2, 0.25) is 0 Å². The Morgan fingerprint density at radius 3 is 2.59 bits per heavy atom. The molecule has 4 heterocycles. The van der Waals surface area contributed by atoms with Gasteiger partial charge in [-0.25, -0.2) is 4.98 Å². The number of carbonyl (C=O) groups excluding carboxylic acids is 2. The van der Waals surface area contributed by atoms with Gasteiger partial charge in [-0.1, -0.05) is 29.8 Å². The van der Waals surface area contributed by atoms with Gasteiger partial charge in [0.25, 0.3) is 11.8 Å². The molecule has 8 nitrogen and oxygen atoms in total. The third-order valence-electron chi connectivity index (χ3n) is 8.41. The predicted octanol–water partition coefficient (Wildman–Crippen LogP) is 6.54. The molecule has 1 fully saturated rings. The van der Waals surface area contributed by atoms with Gasteiger partial charge in [-0.05, 0) is 69.9 Å². The van der Waals surface area contributed by atoms with Gasteiger partial charge in [0.05, 0.1) is 24.1 Å². The molecule has 1 atom stereocenters. The fourth-order valence-corrected chi connectivity index (χ4v) is 6.52. The monoisotopic (exact) mass is 567 g/mol. The van der Waals surface area contributed by atoms with Crippen molar-refractivity contribution in [2.45, 2.75) is 58.0 Å². The third-order valence-corrected chi connectivity index (χ3v) is 8.64. The van der Waals surface area contributed by atoms with E-state index in [-0.39, 0.29) is 23.6 Å². The molecule has 2 amide bonds. The summed E-state index contributed by atoms with van der Waals surface area (Å²) in [6.45, 7) is 7.94. The second kappa shape index (κ2) is 8.91. The minimum Gasteiger partial charge on any atom is -0.496 e. The number of hydrogen-bond acceptors (Lipinski definition) is 5. The maximum Gasteiger partial charge on any atom is 0.280 e. The van der Waals surface area contributed by atoms with Crippen molar-refractivity contribution >= 4 is 34.8 Å². The van der Waals surface area contributed by atoms with Crippen molar-refractivity contribution in [1.82, 2.24) is 14.5 Å². The minimum atomic E-state index is -1.49. The Balaban J connectivity index is 1.55. The molecule has 7 rings (SSSR count). The summed E-state index contributed by atoms with van der Waals surface area (Å²) in [5, 5.41) is 3.56.